The number of hydroxylamine groups is 2. The Bertz CT molecular complexity index is 1620. The zero-order valence-corrected chi connectivity index (χ0v) is 26.4. The zero-order chi connectivity index (χ0) is 31.5. The van der Waals surface area contributed by atoms with Crippen molar-refractivity contribution in [1.29, 1.82) is 0 Å². The van der Waals surface area contributed by atoms with Crippen LogP contribution in [0.15, 0.2) is 48.7 Å². The van der Waals surface area contributed by atoms with E-state index in [0.717, 1.165) is 42.1 Å². The normalized spacial score (nSPS) is 28.6. The van der Waals surface area contributed by atoms with Crippen LogP contribution >= 0.6 is 23.2 Å². The lowest BCUT2D eigenvalue weighted by Crippen LogP contribution is -2.63. The highest BCUT2D eigenvalue weighted by Gasteiger charge is 2.51. The smallest absolute Gasteiger partial charge is 0.427 e. The number of carboxylic acids is 1. The summed E-state index contributed by atoms with van der Waals surface area (Å²) in [5.74, 6) is 0.0201. The predicted octanol–water partition coefficient (Wildman–Crippen LogP) is 5.81. The van der Waals surface area contributed by atoms with Crippen molar-refractivity contribution in [1.82, 2.24) is 20.3 Å². The summed E-state index contributed by atoms with van der Waals surface area (Å²) >= 11 is 12.3. The number of aliphatic carboxylic acids is 1. The van der Waals surface area contributed by atoms with Gasteiger partial charge >= 0.3 is 12.1 Å². The van der Waals surface area contributed by atoms with Gasteiger partial charge in [-0.05, 0) is 80.7 Å². The Labute approximate surface area is 270 Å². The molecule has 2 saturated carbocycles. The molecule has 2 aromatic carbocycles. The maximum absolute atomic E-state index is 14.5. The molecule has 2 aliphatic carbocycles. The van der Waals surface area contributed by atoms with E-state index in [1.54, 1.807) is 25.1 Å². The first kappa shape index (κ1) is 30.2. The number of hydrogen-bond donors (Lipinski definition) is 3. The number of aromatic nitrogens is 1. The van der Waals surface area contributed by atoms with Crippen molar-refractivity contribution in [2.24, 2.45) is 11.8 Å². The molecule has 1 aromatic heterocycles. The van der Waals surface area contributed by atoms with Gasteiger partial charge in [-0.25, -0.2) is 9.59 Å². The van der Waals surface area contributed by atoms with Crippen LogP contribution in [0.1, 0.15) is 51.0 Å². The van der Waals surface area contributed by atoms with Crippen LogP contribution in [-0.4, -0.2) is 74.3 Å². The summed E-state index contributed by atoms with van der Waals surface area (Å²) in [6, 6.07) is 11.7. The van der Waals surface area contributed by atoms with Crippen molar-refractivity contribution in [2.75, 3.05) is 6.54 Å². The number of benzene rings is 2. The highest BCUT2D eigenvalue weighted by Crippen LogP contribution is 2.49. The van der Waals surface area contributed by atoms with Crippen LogP contribution in [0.5, 0.6) is 5.75 Å². The number of carbonyl (C=O) groups excluding carboxylic acids is 2. The van der Waals surface area contributed by atoms with Gasteiger partial charge < -0.3 is 29.9 Å². The van der Waals surface area contributed by atoms with Crippen molar-refractivity contribution in [2.45, 2.75) is 81.6 Å². The molecule has 238 valence electrons. The summed E-state index contributed by atoms with van der Waals surface area (Å²) in [7, 11) is 0. The monoisotopic (exact) mass is 654 g/mol. The molecule has 8 rings (SSSR count). The fourth-order valence-electron chi connectivity index (χ4n) is 8.23. The molecular weight excluding hydrogens is 619 g/mol. The van der Waals surface area contributed by atoms with Crippen molar-refractivity contribution in [3.05, 3.63) is 64.3 Å². The number of aromatic amines is 1. The molecule has 0 spiro atoms. The molecule has 4 bridgehead atoms. The highest BCUT2D eigenvalue weighted by molar-refractivity contribution is 6.35. The Morgan fingerprint density at radius 3 is 2.42 bits per heavy atom. The number of amides is 2. The van der Waals surface area contributed by atoms with E-state index in [4.69, 9.17) is 32.8 Å². The standard InChI is InChI=1S/C33H36Cl2N4O6/c1-33(15-20-16-36-27-5-3-2-4-25(20)27,37-32(43)45-39-22-9-18-8-19(11-22)12-23(39)10-18)31(42)38-17-24(14-28(38)30(40)41)44-29-7-6-21(34)13-26(29)35/h2-7,13,16,18-19,22-24,28,36H,8-12,14-15,17H2,1H3,(H,37,43)(H,40,41)/t18?,19?,22?,23?,24-,28-,33-/m1/s1. The van der Waals surface area contributed by atoms with E-state index in [-0.39, 0.29) is 36.5 Å². The van der Waals surface area contributed by atoms with Crippen LogP contribution in [0.2, 0.25) is 10.0 Å². The molecule has 3 aromatic rings. The first-order chi connectivity index (χ1) is 21.6. The van der Waals surface area contributed by atoms with Crippen LogP contribution in [-0.2, 0) is 20.8 Å². The average Bonchev–Trinajstić information content (AvgIpc) is 3.60. The molecule has 5 aliphatic rings. The van der Waals surface area contributed by atoms with Gasteiger partial charge in [-0.3, -0.25) is 4.79 Å². The molecule has 5 fully saturated rings. The van der Waals surface area contributed by atoms with Gasteiger partial charge in [0, 0.05) is 47.0 Å². The van der Waals surface area contributed by atoms with E-state index in [1.807, 2.05) is 35.5 Å². The van der Waals surface area contributed by atoms with Gasteiger partial charge in [0.05, 0.1) is 11.6 Å². The van der Waals surface area contributed by atoms with E-state index in [2.05, 4.69) is 10.3 Å². The van der Waals surface area contributed by atoms with Crippen molar-refractivity contribution in [3.8, 4) is 5.75 Å². The zero-order valence-electron chi connectivity index (χ0n) is 24.9. The van der Waals surface area contributed by atoms with Gasteiger partial charge in [0.15, 0.2) is 0 Å². The third-order valence-electron chi connectivity index (χ3n) is 10.1. The molecule has 3 aliphatic heterocycles. The first-order valence-corrected chi connectivity index (χ1v) is 16.3. The van der Waals surface area contributed by atoms with E-state index < -0.39 is 35.7 Å². The molecule has 0 unspecified atom stereocenters. The van der Waals surface area contributed by atoms with Crippen LogP contribution in [0.25, 0.3) is 10.9 Å². The second-order valence-electron chi connectivity index (χ2n) is 13.3. The van der Waals surface area contributed by atoms with Crippen LogP contribution in [0.3, 0.4) is 0 Å². The molecule has 2 amide bonds. The summed E-state index contributed by atoms with van der Waals surface area (Å²) in [5.41, 5.74) is 0.168. The predicted molar refractivity (Wildman–Crippen MR) is 168 cm³/mol. The fraction of sp³-hybridized carbons (Fsp3) is 0.485. The number of carbonyl (C=O) groups is 3. The van der Waals surface area contributed by atoms with Crippen molar-refractivity contribution in [3.63, 3.8) is 0 Å². The lowest BCUT2D eigenvalue weighted by atomic mass is 9.64. The van der Waals surface area contributed by atoms with Gasteiger partial charge in [0.2, 0.25) is 5.91 Å². The Balaban J connectivity index is 1.15. The Hall–Kier alpha value is -3.47. The molecule has 0 radical (unpaired) electrons. The van der Waals surface area contributed by atoms with Crippen LogP contribution < -0.4 is 10.1 Å². The minimum Gasteiger partial charge on any atom is -0.487 e. The van der Waals surface area contributed by atoms with Gasteiger partial charge in [-0.15, -0.1) is 5.06 Å². The second kappa shape index (κ2) is 11.7. The number of halogens is 2. The number of rotatable bonds is 8. The van der Waals surface area contributed by atoms with Crippen molar-refractivity contribution < 1.29 is 29.1 Å². The molecule has 4 heterocycles. The van der Waals surface area contributed by atoms with Crippen LogP contribution in [0.4, 0.5) is 4.79 Å². The SMILES string of the molecule is C[C@](Cc1c[nH]c2ccccc12)(NC(=O)ON1C2CC3CC(C2)CC1C3)C(=O)N1C[C@H](Oc2ccc(Cl)cc2Cl)C[C@@H]1C(=O)O. The molecule has 3 N–H and O–H groups in total. The second-order valence-corrected chi connectivity index (χ2v) is 14.2. The van der Waals surface area contributed by atoms with E-state index in [1.165, 1.54) is 11.3 Å². The Morgan fingerprint density at radius 2 is 1.73 bits per heavy atom. The average molecular weight is 656 g/mol. The number of carboxylic acid groups (broad SMARTS) is 1. The highest BCUT2D eigenvalue weighted by atomic mass is 35.5. The van der Waals surface area contributed by atoms with E-state index in [9.17, 15) is 19.5 Å². The Morgan fingerprint density at radius 1 is 1.02 bits per heavy atom. The quantitative estimate of drug-likeness (QED) is 0.280. The number of nitrogens with one attached hydrogen (secondary N) is 2. The van der Waals surface area contributed by atoms with E-state index >= 15 is 0 Å². The topological polar surface area (TPSA) is 124 Å². The third-order valence-corrected chi connectivity index (χ3v) is 10.6. The summed E-state index contributed by atoms with van der Waals surface area (Å²) in [6.07, 6.45) is 5.93. The maximum Gasteiger partial charge on any atom is 0.427 e. The van der Waals surface area contributed by atoms with Gasteiger partial charge in [0.1, 0.15) is 23.4 Å². The minimum absolute atomic E-state index is 0.00594. The summed E-state index contributed by atoms with van der Waals surface area (Å²) in [6.45, 7) is 1.63. The Kier molecular flexibility index (Phi) is 7.86. The van der Waals surface area contributed by atoms with Crippen molar-refractivity contribution >= 4 is 52.1 Å². The van der Waals surface area contributed by atoms with Gasteiger partial charge in [0.25, 0.3) is 0 Å². The number of H-pyrrole nitrogens is 1. The minimum atomic E-state index is -1.53. The third kappa shape index (κ3) is 5.84. The largest absolute Gasteiger partial charge is 0.487 e. The molecule has 3 saturated heterocycles. The fourth-order valence-corrected chi connectivity index (χ4v) is 8.68. The first-order valence-electron chi connectivity index (χ1n) is 15.6. The summed E-state index contributed by atoms with van der Waals surface area (Å²) in [5, 5.41) is 16.6. The number of ether oxygens (including phenoxy) is 1. The number of piperidine rings is 2. The molecule has 10 nitrogen and oxygen atoms in total. The van der Waals surface area contributed by atoms with E-state index in [0.29, 0.717) is 22.6 Å². The number of para-hydroxylation sites is 1. The lowest BCUT2D eigenvalue weighted by molar-refractivity contribution is -0.228. The maximum atomic E-state index is 14.5. The van der Waals surface area contributed by atoms with Crippen LogP contribution in [0, 0.1) is 11.8 Å². The molecule has 12 heteroatoms. The summed E-state index contributed by atoms with van der Waals surface area (Å²) < 4.78 is 6.06. The summed E-state index contributed by atoms with van der Waals surface area (Å²) in [4.78, 5) is 51.1. The molecule has 45 heavy (non-hydrogen) atoms. The number of fused-ring (bicyclic) bond motifs is 1. The number of hydrogen-bond acceptors (Lipinski definition) is 6. The van der Waals surface area contributed by atoms with Gasteiger partial charge in [-0.2, -0.15) is 0 Å². The van der Waals surface area contributed by atoms with Gasteiger partial charge in [-0.1, -0.05) is 41.4 Å². The number of nitrogens with zero attached hydrogens (tertiary/aromatic N) is 2. The molecule has 3 atom stereocenters. The molecular formula is C33H36Cl2N4O6. The number of likely N-dealkylation sites (tertiary alicyclic amines) is 1. The lowest BCUT2D eigenvalue weighted by Gasteiger charge is -2.54.